The van der Waals surface area contributed by atoms with Gasteiger partial charge in [0.25, 0.3) is 0 Å². The van der Waals surface area contributed by atoms with Crippen LogP contribution in [0.25, 0.3) is 0 Å². The number of hydrogen-bond donors (Lipinski definition) is 0. The molecule has 1 aromatic rings. The first-order valence-corrected chi connectivity index (χ1v) is 8.28. The third-order valence-corrected chi connectivity index (χ3v) is 3.80. The molecule has 0 aliphatic carbocycles. The fourth-order valence-corrected chi connectivity index (χ4v) is 2.56. The van der Waals surface area contributed by atoms with Crippen LogP contribution < -0.4 is 0 Å². The van der Waals surface area contributed by atoms with Crippen LogP contribution in [0.2, 0.25) is 0 Å². The Hall–Kier alpha value is -2.15. The maximum Gasteiger partial charge on any atom is 0.0476 e. The number of allylic oxidation sites excluding steroid dienone is 5. The topological polar surface area (TPSA) is 12.4 Å². The van der Waals surface area contributed by atoms with Crippen molar-refractivity contribution in [2.45, 2.75) is 47.0 Å². The van der Waals surface area contributed by atoms with Crippen molar-refractivity contribution in [2.75, 3.05) is 0 Å². The van der Waals surface area contributed by atoms with Gasteiger partial charge >= 0.3 is 0 Å². The highest BCUT2D eigenvalue weighted by atomic mass is 14.7. The summed E-state index contributed by atoms with van der Waals surface area (Å²) in [5.41, 5.74) is 7.14. The van der Waals surface area contributed by atoms with E-state index in [1.807, 2.05) is 0 Å². The van der Waals surface area contributed by atoms with E-state index in [9.17, 15) is 0 Å². The van der Waals surface area contributed by atoms with Gasteiger partial charge < -0.3 is 0 Å². The molecule has 0 unspecified atom stereocenters. The molecule has 0 spiro atoms. The fourth-order valence-electron chi connectivity index (χ4n) is 2.56. The van der Waals surface area contributed by atoms with Gasteiger partial charge in [0.2, 0.25) is 0 Å². The minimum Gasteiger partial charge on any atom is -0.261 e. The summed E-state index contributed by atoms with van der Waals surface area (Å²) in [4.78, 5) is 4.50. The molecule has 1 aromatic carbocycles. The summed E-state index contributed by atoms with van der Waals surface area (Å²) in [6.45, 7) is 16.4. The van der Waals surface area contributed by atoms with E-state index < -0.39 is 0 Å². The quantitative estimate of drug-likeness (QED) is 0.391. The molecular weight excluding hydrogens is 278 g/mol. The SMILES string of the molecule is C=CN=C(Cc1cccc(C)c1)/C(C)=C/C(=C\C)C(=C)CCC. The molecule has 0 atom stereocenters. The summed E-state index contributed by atoms with van der Waals surface area (Å²) in [5.74, 6) is 0. The van der Waals surface area contributed by atoms with Gasteiger partial charge in [-0.25, -0.2) is 0 Å². The third kappa shape index (κ3) is 6.23. The molecular formula is C22H29N. The molecule has 0 saturated carbocycles. The van der Waals surface area contributed by atoms with Gasteiger partial charge in [-0.05, 0) is 49.5 Å². The lowest BCUT2D eigenvalue weighted by atomic mass is 9.96. The normalized spacial score (nSPS) is 13.1. The van der Waals surface area contributed by atoms with E-state index in [1.54, 1.807) is 6.20 Å². The summed E-state index contributed by atoms with van der Waals surface area (Å²) in [6, 6.07) is 8.56. The minimum absolute atomic E-state index is 0.813. The van der Waals surface area contributed by atoms with E-state index in [-0.39, 0.29) is 0 Å². The third-order valence-electron chi connectivity index (χ3n) is 3.80. The van der Waals surface area contributed by atoms with Crippen LogP contribution in [0.5, 0.6) is 0 Å². The second kappa shape index (κ2) is 9.78. The lowest BCUT2D eigenvalue weighted by Crippen LogP contribution is -2.05. The van der Waals surface area contributed by atoms with Gasteiger partial charge in [0.1, 0.15) is 0 Å². The Kier molecular flexibility index (Phi) is 8.04. The van der Waals surface area contributed by atoms with Crippen LogP contribution in [-0.2, 0) is 6.42 Å². The zero-order valence-corrected chi connectivity index (χ0v) is 15.0. The lowest BCUT2D eigenvalue weighted by Gasteiger charge is -2.10. The van der Waals surface area contributed by atoms with E-state index in [2.05, 4.69) is 82.3 Å². The minimum atomic E-state index is 0.813. The molecule has 1 nitrogen and oxygen atoms in total. The lowest BCUT2D eigenvalue weighted by molar-refractivity contribution is 0.920. The summed E-state index contributed by atoms with van der Waals surface area (Å²) >= 11 is 0. The van der Waals surface area contributed by atoms with Gasteiger partial charge in [-0.15, -0.1) is 0 Å². The smallest absolute Gasteiger partial charge is 0.0476 e. The molecule has 0 aliphatic rings. The van der Waals surface area contributed by atoms with Crippen molar-refractivity contribution < 1.29 is 0 Å². The molecule has 0 fully saturated rings. The van der Waals surface area contributed by atoms with Crippen LogP contribution in [-0.4, -0.2) is 5.71 Å². The van der Waals surface area contributed by atoms with Crippen molar-refractivity contribution in [1.82, 2.24) is 0 Å². The van der Waals surface area contributed by atoms with Gasteiger partial charge in [-0.1, -0.05) is 68.5 Å². The van der Waals surface area contributed by atoms with Crippen LogP contribution in [0.3, 0.4) is 0 Å². The maximum absolute atomic E-state index is 4.50. The second-order valence-corrected chi connectivity index (χ2v) is 5.85. The van der Waals surface area contributed by atoms with Crippen LogP contribution in [0.4, 0.5) is 0 Å². The Morgan fingerprint density at radius 1 is 1.30 bits per heavy atom. The Balaban J connectivity index is 3.05. The zero-order chi connectivity index (χ0) is 17.2. The van der Waals surface area contributed by atoms with Gasteiger partial charge in [0.05, 0.1) is 0 Å². The monoisotopic (exact) mass is 307 g/mol. The number of aryl methyl sites for hydroxylation is 1. The van der Waals surface area contributed by atoms with Crippen LogP contribution >= 0.6 is 0 Å². The van der Waals surface area contributed by atoms with E-state index >= 15 is 0 Å². The summed E-state index contributed by atoms with van der Waals surface area (Å²) in [5, 5.41) is 0. The van der Waals surface area contributed by atoms with Crippen LogP contribution in [0, 0.1) is 6.92 Å². The summed E-state index contributed by atoms with van der Waals surface area (Å²) in [6.07, 6.45) is 8.89. The molecule has 122 valence electrons. The van der Waals surface area contributed by atoms with Crippen molar-refractivity contribution in [2.24, 2.45) is 4.99 Å². The van der Waals surface area contributed by atoms with Gasteiger partial charge in [0, 0.05) is 18.3 Å². The standard InChI is InChI=1S/C22H29N/c1-7-11-18(5)21(8-2)15-19(6)22(23-9-3)16-20-13-10-12-17(4)14-20/h8-10,12-15H,3,5,7,11,16H2,1-2,4,6H3/b19-15+,21-8+,23-22?. The average Bonchev–Trinajstić information content (AvgIpc) is 2.52. The van der Waals surface area contributed by atoms with Crippen molar-refractivity contribution in [3.05, 3.63) is 83.6 Å². The van der Waals surface area contributed by atoms with Gasteiger partial charge in [-0.2, -0.15) is 0 Å². The molecule has 1 rings (SSSR count). The van der Waals surface area contributed by atoms with E-state index in [0.29, 0.717) is 0 Å². The molecule has 0 saturated heterocycles. The summed E-state index contributed by atoms with van der Waals surface area (Å²) < 4.78 is 0. The maximum atomic E-state index is 4.50. The summed E-state index contributed by atoms with van der Waals surface area (Å²) in [7, 11) is 0. The Morgan fingerprint density at radius 2 is 2.04 bits per heavy atom. The number of benzene rings is 1. The average molecular weight is 307 g/mol. The first kappa shape index (κ1) is 18.9. The Morgan fingerprint density at radius 3 is 2.61 bits per heavy atom. The predicted octanol–water partition coefficient (Wildman–Crippen LogP) is 6.37. The molecule has 0 radical (unpaired) electrons. The number of nitrogens with zero attached hydrogens (tertiary/aromatic N) is 1. The fraction of sp³-hybridized carbons (Fsp3) is 0.318. The molecule has 0 aliphatic heterocycles. The number of hydrogen-bond acceptors (Lipinski definition) is 1. The molecule has 23 heavy (non-hydrogen) atoms. The number of aliphatic imine (C=N–C) groups is 1. The van der Waals surface area contributed by atoms with E-state index in [1.165, 1.54) is 22.3 Å². The van der Waals surface area contributed by atoms with Crippen molar-refractivity contribution in [3.63, 3.8) is 0 Å². The van der Waals surface area contributed by atoms with E-state index in [4.69, 9.17) is 0 Å². The first-order chi connectivity index (χ1) is 11.0. The predicted molar refractivity (Wildman–Crippen MR) is 104 cm³/mol. The van der Waals surface area contributed by atoms with Crippen molar-refractivity contribution in [3.8, 4) is 0 Å². The number of rotatable bonds is 8. The highest BCUT2D eigenvalue weighted by Crippen LogP contribution is 2.18. The van der Waals surface area contributed by atoms with Crippen molar-refractivity contribution >= 4 is 5.71 Å². The van der Waals surface area contributed by atoms with Crippen LogP contribution in [0.15, 0.2) is 77.5 Å². The highest BCUT2D eigenvalue weighted by Gasteiger charge is 2.06. The molecule has 0 N–H and O–H groups in total. The molecule has 0 bridgehead atoms. The zero-order valence-electron chi connectivity index (χ0n) is 15.0. The van der Waals surface area contributed by atoms with Crippen LogP contribution in [0.1, 0.15) is 44.7 Å². The highest BCUT2D eigenvalue weighted by molar-refractivity contribution is 6.01. The largest absolute Gasteiger partial charge is 0.261 e. The molecule has 0 aromatic heterocycles. The Labute approximate surface area is 141 Å². The van der Waals surface area contributed by atoms with Gasteiger partial charge in [-0.3, -0.25) is 4.99 Å². The Bertz CT molecular complexity index is 642. The first-order valence-electron chi connectivity index (χ1n) is 8.28. The second-order valence-electron chi connectivity index (χ2n) is 5.85. The van der Waals surface area contributed by atoms with E-state index in [0.717, 1.165) is 30.5 Å². The van der Waals surface area contributed by atoms with Crippen molar-refractivity contribution in [1.29, 1.82) is 0 Å². The molecule has 1 heteroatoms. The molecule has 0 amide bonds. The van der Waals surface area contributed by atoms with Gasteiger partial charge in [0.15, 0.2) is 0 Å². The molecule has 0 heterocycles.